The van der Waals surface area contributed by atoms with Crippen molar-refractivity contribution in [3.05, 3.63) is 52.6 Å². The highest BCUT2D eigenvalue weighted by molar-refractivity contribution is 7.90. The van der Waals surface area contributed by atoms with Gasteiger partial charge in [-0.1, -0.05) is 32.0 Å². The maximum atomic E-state index is 12.8. The van der Waals surface area contributed by atoms with Crippen LogP contribution in [0.15, 0.2) is 35.2 Å². The van der Waals surface area contributed by atoms with Gasteiger partial charge in [0.25, 0.3) is 0 Å². The van der Waals surface area contributed by atoms with Gasteiger partial charge in [-0.15, -0.1) is 0 Å². The molecule has 0 bridgehead atoms. The quantitative estimate of drug-likeness (QED) is 0.892. The standard InChI is InChI=1S/C18H18O5S/c1-10(2)14-6-4-5-12-9-24(21,22)15-8-13(18(19)20)7-11(3)16(15)23-17(12)14/h4-8,10H,9H2,1-3H3,(H,19,20). The van der Waals surface area contributed by atoms with E-state index >= 15 is 0 Å². The van der Waals surface area contributed by atoms with Gasteiger partial charge in [-0.25, -0.2) is 13.2 Å². The first-order chi connectivity index (χ1) is 11.2. The fraction of sp³-hybridized carbons (Fsp3) is 0.278. The molecule has 6 heteroatoms. The van der Waals surface area contributed by atoms with Gasteiger partial charge in [-0.05, 0) is 36.1 Å². The summed E-state index contributed by atoms with van der Waals surface area (Å²) in [6, 6.07) is 8.08. The molecule has 0 saturated carbocycles. The number of para-hydroxylation sites is 1. The van der Waals surface area contributed by atoms with Crippen molar-refractivity contribution in [1.82, 2.24) is 0 Å². The number of sulfone groups is 1. The lowest BCUT2D eigenvalue weighted by molar-refractivity contribution is 0.0696. The Bertz CT molecular complexity index is 942. The third-order valence-corrected chi connectivity index (χ3v) is 5.79. The van der Waals surface area contributed by atoms with Crippen LogP contribution in [0.4, 0.5) is 0 Å². The number of aromatic carboxylic acids is 1. The number of benzene rings is 2. The zero-order valence-corrected chi connectivity index (χ0v) is 14.5. The topological polar surface area (TPSA) is 80.7 Å². The maximum absolute atomic E-state index is 12.8. The summed E-state index contributed by atoms with van der Waals surface area (Å²) in [5, 5.41) is 9.21. The van der Waals surface area contributed by atoms with E-state index in [1.165, 1.54) is 12.1 Å². The van der Waals surface area contributed by atoms with Crippen molar-refractivity contribution < 1.29 is 23.1 Å². The number of hydrogen-bond donors (Lipinski definition) is 1. The molecule has 24 heavy (non-hydrogen) atoms. The number of ether oxygens (including phenoxy) is 1. The largest absolute Gasteiger partial charge is 0.478 e. The van der Waals surface area contributed by atoms with E-state index in [0.717, 1.165) is 5.56 Å². The average Bonchev–Trinajstić information content (AvgIpc) is 2.60. The van der Waals surface area contributed by atoms with Crippen molar-refractivity contribution in [2.75, 3.05) is 0 Å². The lowest BCUT2D eigenvalue weighted by atomic mass is 9.99. The fourth-order valence-corrected chi connectivity index (χ4v) is 4.49. The van der Waals surface area contributed by atoms with E-state index < -0.39 is 15.8 Å². The lowest BCUT2D eigenvalue weighted by Crippen LogP contribution is -2.07. The van der Waals surface area contributed by atoms with Crippen LogP contribution in [0.25, 0.3) is 0 Å². The SMILES string of the molecule is Cc1cc(C(=O)O)cc2c1Oc1c(cccc1C(C)C)CS2(=O)=O. The minimum absolute atomic E-state index is 0.0616. The molecule has 2 aromatic carbocycles. The van der Waals surface area contributed by atoms with Gasteiger partial charge in [0.15, 0.2) is 9.84 Å². The van der Waals surface area contributed by atoms with Crippen LogP contribution in [0, 0.1) is 6.92 Å². The molecular weight excluding hydrogens is 328 g/mol. The lowest BCUT2D eigenvalue weighted by Gasteiger charge is -2.16. The summed E-state index contributed by atoms with van der Waals surface area (Å²) < 4.78 is 31.6. The van der Waals surface area contributed by atoms with Crippen LogP contribution >= 0.6 is 0 Å². The summed E-state index contributed by atoms with van der Waals surface area (Å²) in [4.78, 5) is 11.2. The first-order valence-electron chi connectivity index (χ1n) is 7.61. The van der Waals surface area contributed by atoms with Gasteiger partial charge in [0.1, 0.15) is 16.4 Å². The average molecular weight is 346 g/mol. The van der Waals surface area contributed by atoms with Crippen LogP contribution in [0.3, 0.4) is 0 Å². The summed E-state index contributed by atoms with van der Waals surface area (Å²) >= 11 is 0. The minimum Gasteiger partial charge on any atom is -0.478 e. The Hall–Kier alpha value is -2.34. The number of aryl methyl sites for hydroxylation is 1. The molecule has 126 valence electrons. The Balaban J connectivity index is 2.31. The van der Waals surface area contributed by atoms with Crippen LogP contribution in [0.5, 0.6) is 11.5 Å². The Labute approximate surface area is 140 Å². The highest BCUT2D eigenvalue weighted by atomic mass is 32.2. The molecule has 1 aliphatic heterocycles. The van der Waals surface area contributed by atoms with Crippen molar-refractivity contribution in [1.29, 1.82) is 0 Å². The number of carbonyl (C=O) groups is 1. The van der Waals surface area contributed by atoms with E-state index in [2.05, 4.69) is 0 Å². The molecule has 2 aromatic rings. The summed E-state index contributed by atoms with van der Waals surface area (Å²) in [6.45, 7) is 5.68. The minimum atomic E-state index is -3.70. The molecule has 0 fully saturated rings. The third-order valence-electron chi connectivity index (χ3n) is 4.12. The van der Waals surface area contributed by atoms with Crippen LogP contribution in [0.2, 0.25) is 0 Å². The predicted octanol–water partition coefficient (Wildman–Crippen LogP) is 3.90. The third kappa shape index (κ3) is 2.67. The number of carboxylic acids is 1. The van der Waals surface area contributed by atoms with Gasteiger partial charge in [0.05, 0.1) is 11.3 Å². The zero-order valence-electron chi connectivity index (χ0n) is 13.7. The molecule has 0 radical (unpaired) electrons. The number of carboxylic acid groups (broad SMARTS) is 1. The molecule has 5 nitrogen and oxygen atoms in total. The van der Waals surface area contributed by atoms with E-state index in [4.69, 9.17) is 4.74 Å². The maximum Gasteiger partial charge on any atom is 0.335 e. The van der Waals surface area contributed by atoms with Gasteiger partial charge < -0.3 is 9.84 Å². The molecule has 0 unspecified atom stereocenters. The molecule has 0 aromatic heterocycles. The second-order valence-corrected chi connectivity index (χ2v) is 8.23. The molecular formula is C18H18O5S. The summed E-state index contributed by atoms with van der Waals surface area (Å²) in [6.07, 6.45) is 0. The van der Waals surface area contributed by atoms with Crippen LogP contribution < -0.4 is 4.74 Å². The van der Waals surface area contributed by atoms with Crippen LogP contribution in [-0.2, 0) is 15.6 Å². The number of rotatable bonds is 2. The predicted molar refractivity (Wildman–Crippen MR) is 89.6 cm³/mol. The van der Waals surface area contributed by atoms with Gasteiger partial charge in [0, 0.05) is 5.56 Å². The Morgan fingerprint density at radius 2 is 1.92 bits per heavy atom. The highest BCUT2D eigenvalue weighted by Crippen LogP contribution is 2.43. The van der Waals surface area contributed by atoms with E-state index in [1.807, 2.05) is 26.0 Å². The van der Waals surface area contributed by atoms with Gasteiger partial charge in [-0.2, -0.15) is 0 Å². The van der Waals surface area contributed by atoms with Crippen LogP contribution in [-0.4, -0.2) is 19.5 Å². The summed E-state index contributed by atoms with van der Waals surface area (Å²) in [5.41, 5.74) is 1.94. The molecule has 0 saturated heterocycles. The molecule has 1 heterocycles. The Morgan fingerprint density at radius 1 is 1.21 bits per heavy atom. The van der Waals surface area contributed by atoms with Crippen molar-refractivity contribution in [2.45, 2.75) is 37.3 Å². The van der Waals surface area contributed by atoms with E-state index in [9.17, 15) is 18.3 Å². The van der Waals surface area contributed by atoms with Crippen molar-refractivity contribution in [3.8, 4) is 11.5 Å². The normalized spacial score (nSPS) is 15.2. The van der Waals surface area contributed by atoms with Crippen molar-refractivity contribution >= 4 is 15.8 Å². The first kappa shape index (κ1) is 16.5. The second-order valence-electron chi connectivity index (χ2n) is 6.28. The van der Waals surface area contributed by atoms with Gasteiger partial charge >= 0.3 is 5.97 Å². The molecule has 3 rings (SSSR count). The second kappa shape index (κ2) is 5.63. The Kier molecular flexibility index (Phi) is 3.87. The van der Waals surface area contributed by atoms with E-state index in [-0.39, 0.29) is 27.9 Å². The number of fused-ring (bicyclic) bond motifs is 2. The summed E-state index contributed by atoms with van der Waals surface area (Å²) in [7, 11) is -3.70. The monoisotopic (exact) mass is 346 g/mol. The fourth-order valence-electron chi connectivity index (χ4n) is 2.91. The molecule has 1 aliphatic rings. The zero-order chi connectivity index (χ0) is 17.6. The number of hydrogen-bond acceptors (Lipinski definition) is 4. The van der Waals surface area contributed by atoms with Crippen molar-refractivity contribution in [2.24, 2.45) is 0 Å². The first-order valence-corrected chi connectivity index (χ1v) is 9.26. The smallest absolute Gasteiger partial charge is 0.335 e. The summed E-state index contributed by atoms with van der Waals surface area (Å²) in [5.74, 6) is -0.435. The molecule has 1 N–H and O–H groups in total. The van der Waals surface area contributed by atoms with E-state index in [0.29, 0.717) is 16.9 Å². The van der Waals surface area contributed by atoms with Crippen LogP contribution in [0.1, 0.15) is 46.8 Å². The Morgan fingerprint density at radius 3 is 2.54 bits per heavy atom. The molecule has 0 spiro atoms. The van der Waals surface area contributed by atoms with Gasteiger partial charge in [-0.3, -0.25) is 0 Å². The van der Waals surface area contributed by atoms with Crippen molar-refractivity contribution in [3.63, 3.8) is 0 Å². The molecule has 0 aliphatic carbocycles. The molecule has 0 atom stereocenters. The van der Waals surface area contributed by atoms with E-state index in [1.54, 1.807) is 13.0 Å². The highest BCUT2D eigenvalue weighted by Gasteiger charge is 2.30. The van der Waals surface area contributed by atoms with Gasteiger partial charge in [0.2, 0.25) is 0 Å². The molecule has 0 amide bonds.